The van der Waals surface area contributed by atoms with Crippen LogP contribution in [-0.2, 0) is 11.3 Å². The first kappa shape index (κ1) is 22.4. The summed E-state index contributed by atoms with van der Waals surface area (Å²) in [5.41, 5.74) is 1.29. The molecule has 0 aromatic carbocycles. The van der Waals surface area contributed by atoms with E-state index in [0.717, 1.165) is 47.9 Å². The fraction of sp³-hybridized carbons (Fsp3) is 0.375. The van der Waals surface area contributed by atoms with E-state index in [4.69, 9.17) is 0 Å². The molecular weight excluding hydrogens is 450 g/mol. The first-order chi connectivity index (χ1) is 16.6. The molecular formula is C24H27N7O2S. The van der Waals surface area contributed by atoms with Crippen LogP contribution < -0.4 is 15.8 Å². The number of hydrogen-bond acceptors (Lipinski definition) is 8. The van der Waals surface area contributed by atoms with Crippen LogP contribution in [0.4, 0.5) is 17.5 Å². The lowest BCUT2D eigenvalue weighted by Gasteiger charge is -2.38. The summed E-state index contributed by atoms with van der Waals surface area (Å²) in [6.07, 6.45) is 5.65. The molecule has 0 bridgehead atoms. The molecule has 2 aliphatic rings. The predicted octanol–water partition coefficient (Wildman–Crippen LogP) is 2.52. The molecule has 2 fully saturated rings. The van der Waals surface area contributed by atoms with E-state index in [0.29, 0.717) is 37.1 Å². The van der Waals surface area contributed by atoms with Crippen molar-refractivity contribution in [3.05, 3.63) is 59.7 Å². The number of carbonyl (C=O) groups excluding carboxylic acids is 1. The first-order valence-corrected chi connectivity index (χ1v) is 12.6. The third-order valence-corrected chi connectivity index (χ3v) is 7.21. The summed E-state index contributed by atoms with van der Waals surface area (Å²) in [6, 6.07) is 7.28. The number of likely N-dealkylation sites (tertiary alicyclic amines) is 1. The van der Waals surface area contributed by atoms with Gasteiger partial charge in [-0.1, -0.05) is 6.58 Å². The Bertz CT molecular complexity index is 1250. The molecule has 0 saturated carbocycles. The molecule has 1 N–H and O–H groups in total. The van der Waals surface area contributed by atoms with Gasteiger partial charge >= 0.3 is 0 Å². The van der Waals surface area contributed by atoms with Crippen molar-refractivity contribution >= 4 is 46.2 Å². The molecule has 0 radical (unpaired) electrons. The van der Waals surface area contributed by atoms with E-state index >= 15 is 0 Å². The fourth-order valence-corrected chi connectivity index (χ4v) is 5.19. The summed E-state index contributed by atoms with van der Waals surface area (Å²) in [4.78, 5) is 42.0. The smallest absolute Gasteiger partial charge is 0.252 e. The number of thioether (sulfide) groups is 1. The van der Waals surface area contributed by atoms with Crippen LogP contribution in [0.5, 0.6) is 0 Å². The lowest BCUT2D eigenvalue weighted by Crippen LogP contribution is -2.49. The molecule has 5 rings (SSSR count). The molecule has 3 aromatic rings. The lowest BCUT2D eigenvalue weighted by molar-refractivity contribution is -0.132. The number of nitrogens with zero attached hydrogens (tertiary/aromatic N) is 6. The Balaban J connectivity index is 1.29. The summed E-state index contributed by atoms with van der Waals surface area (Å²) in [6.45, 7) is 7.49. The Labute approximate surface area is 201 Å². The van der Waals surface area contributed by atoms with Crippen molar-refractivity contribution in [2.24, 2.45) is 5.92 Å². The Hall–Kier alpha value is -3.40. The minimum atomic E-state index is -0.0961. The maximum atomic E-state index is 12.6. The third kappa shape index (κ3) is 4.77. The molecule has 2 saturated heterocycles. The highest BCUT2D eigenvalue weighted by atomic mass is 32.2. The Morgan fingerprint density at radius 1 is 1.15 bits per heavy atom. The Morgan fingerprint density at radius 2 is 1.97 bits per heavy atom. The number of aryl methyl sites for hydroxylation is 1. The van der Waals surface area contributed by atoms with Crippen LogP contribution in [0.2, 0.25) is 0 Å². The number of fused-ring (bicyclic) bond motifs is 1. The summed E-state index contributed by atoms with van der Waals surface area (Å²) in [5, 5.41) is 4.01. The fourth-order valence-electron chi connectivity index (χ4n) is 4.29. The quantitative estimate of drug-likeness (QED) is 0.519. The number of carbonyl (C=O) groups is 1. The zero-order valence-corrected chi connectivity index (χ0v) is 19.7. The van der Waals surface area contributed by atoms with E-state index in [1.165, 1.54) is 6.08 Å². The molecule has 0 spiro atoms. The maximum Gasteiger partial charge on any atom is 0.252 e. The predicted molar refractivity (Wildman–Crippen MR) is 136 cm³/mol. The van der Waals surface area contributed by atoms with Crippen molar-refractivity contribution < 1.29 is 4.79 Å². The zero-order chi connectivity index (χ0) is 23.5. The van der Waals surface area contributed by atoms with Gasteiger partial charge in [-0.25, -0.2) is 9.97 Å². The number of rotatable bonds is 7. The van der Waals surface area contributed by atoms with E-state index in [1.807, 2.05) is 23.9 Å². The van der Waals surface area contributed by atoms with E-state index in [2.05, 4.69) is 31.7 Å². The van der Waals surface area contributed by atoms with Crippen molar-refractivity contribution in [3.63, 3.8) is 0 Å². The van der Waals surface area contributed by atoms with E-state index in [-0.39, 0.29) is 11.5 Å². The number of hydrogen-bond donors (Lipinski definition) is 1. The van der Waals surface area contributed by atoms with Crippen molar-refractivity contribution in [2.45, 2.75) is 13.0 Å². The second-order valence-corrected chi connectivity index (χ2v) is 9.75. The van der Waals surface area contributed by atoms with E-state index < -0.39 is 0 Å². The molecule has 10 heteroatoms. The van der Waals surface area contributed by atoms with Crippen LogP contribution in [0.25, 0.3) is 11.0 Å². The molecule has 0 aliphatic carbocycles. The van der Waals surface area contributed by atoms with Crippen LogP contribution in [0.1, 0.15) is 6.42 Å². The van der Waals surface area contributed by atoms with Crippen LogP contribution in [0.3, 0.4) is 0 Å². The van der Waals surface area contributed by atoms with Gasteiger partial charge in [0.2, 0.25) is 11.9 Å². The van der Waals surface area contributed by atoms with Gasteiger partial charge in [-0.05, 0) is 36.6 Å². The number of nitrogens with one attached hydrogen (secondary N) is 1. The summed E-state index contributed by atoms with van der Waals surface area (Å²) in [5.74, 6) is 3.97. The standard InChI is InChI=1S/C24H27N7O2S/c1-2-21(32)30-15-17(16-30)7-8-31-22(33)6-3-18-13-26-24(28-23(18)31)27-19-4-5-20(25-14-19)29-9-11-34-12-10-29/h2-6,13-14,17H,1,7-12,15-16H2,(H,26,27,28). The first-order valence-electron chi connectivity index (χ1n) is 11.4. The number of aromatic nitrogens is 4. The zero-order valence-electron chi connectivity index (χ0n) is 18.9. The highest BCUT2D eigenvalue weighted by Gasteiger charge is 2.29. The molecule has 0 unspecified atom stereocenters. The second kappa shape index (κ2) is 9.84. The Kier molecular flexibility index (Phi) is 6.48. The van der Waals surface area contributed by atoms with Gasteiger partial charge in [-0.3, -0.25) is 14.2 Å². The molecule has 1 amide bonds. The summed E-state index contributed by atoms with van der Waals surface area (Å²) in [7, 11) is 0. The number of pyridine rings is 2. The van der Waals surface area contributed by atoms with Crippen molar-refractivity contribution in [1.29, 1.82) is 0 Å². The molecule has 3 aromatic heterocycles. The lowest BCUT2D eigenvalue weighted by atomic mass is 9.96. The summed E-state index contributed by atoms with van der Waals surface area (Å²) < 4.78 is 1.69. The molecule has 5 heterocycles. The van der Waals surface area contributed by atoms with Gasteiger partial charge in [0.25, 0.3) is 5.56 Å². The van der Waals surface area contributed by atoms with Crippen molar-refractivity contribution in [3.8, 4) is 0 Å². The second-order valence-electron chi connectivity index (χ2n) is 8.53. The average Bonchev–Trinajstić information content (AvgIpc) is 2.85. The largest absolute Gasteiger partial charge is 0.355 e. The van der Waals surface area contributed by atoms with Crippen molar-refractivity contribution in [2.75, 3.05) is 47.9 Å². The third-order valence-electron chi connectivity index (χ3n) is 6.27. The molecule has 0 atom stereocenters. The van der Waals surface area contributed by atoms with Crippen LogP contribution >= 0.6 is 11.8 Å². The van der Waals surface area contributed by atoms with Gasteiger partial charge in [-0.2, -0.15) is 16.7 Å². The minimum absolute atomic E-state index is 0.0421. The highest BCUT2D eigenvalue weighted by molar-refractivity contribution is 7.99. The highest BCUT2D eigenvalue weighted by Crippen LogP contribution is 2.22. The van der Waals surface area contributed by atoms with E-state index in [1.54, 1.807) is 34.0 Å². The van der Waals surface area contributed by atoms with Crippen LogP contribution in [0, 0.1) is 5.92 Å². The normalized spacial score (nSPS) is 16.4. The van der Waals surface area contributed by atoms with Crippen LogP contribution in [-0.4, -0.2) is 68.0 Å². The summed E-state index contributed by atoms with van der Waals surface area (Å²) >= 11 is 1.97. The maximum absolute atomic E-state index is 12.6. The minimum Gasteiger partial charge on any atom is -0.355 e. The van der Waals surface area contributed by atoms with Gasteiger partial charge < -0.3 is 15.1 Å². The number of amides is 1. The molecule has 2 aliphatic heterocycles. The van der Waals surface area contributed by atoms with Gasteiger partial charge in [0.15, 0.2) is 0 Å². The molecule has 176 valence electrons. The van der Waals surface area contributed by atoms with Gasteiger partial charge in [0.05, 0.1) is 11.9 Å². The van der Waals surface area contributed by atoms with E-state index in [9.17, 15) is 9.59 Å². The molecule has 34 heavy (non-hydrogen) atoms. The van der Waals surface area contributed by atoms with Crippen LogP contribution in [0.15, 0.2) is 54.1 Å². The Morgan fingerprint density at radius 3 is 2.71 bits per heavy atom. The SMILES string of the molecule is C=CC(=O)N1CC(CCn2c(=O)ccc3cnc(Nc4ccc(N5CCSCC5)nc4)nc32)C1. The van der Waals surface area contributed by atoms with Gasteiger partial charge in [-0.15, -0.1) is 0 Å². The number of anilines is 3. The van der Waals surface area contributed by atoms with Gasteiger partial charge in [0.1, 0.15) is 11.5 Å². The monoisotopic (exact) mass is 477 g/mol. The van der Waals surface area contributed by atoms with Crippen molar-refractivity contribution in [1.82, 2.24) is 24.4 Å². The molecule has 9 nitrogen and oxygen atoms in total. The average molecular weight is 478 g/mol. The topological polar surface area (TPSA) is 96.2 Å². The van der Waals surface area contributed by atoms with Gasteiger partial charge in [0, 0.05) is 61.9 Å².